The number of benzene rings is 1. The molecule has 2 aliphatic rings. The second-order valence-corrected chi connectivity index (χ2v) is 6.54. The predicted molar refractivity (Wildman–Crippen MR) is 97.0 cm³/mol. The van der Waals surface area contributed by atoms with Gasteiger partial charge in [0.15, 0.2) is 0 Å². The summed E-state index contributed by atoms with van der Waals surface area (Å²) in [5.41, 5.74) is 0.825. The third-order valence-electron chi connectivity index (χ3n) is 4.58. The molecule has 1 aromatic carbocycles. The quantitative estimate of drug-likeness (QED) is 0.853. The molecule has 3 rings (SSSR count). The Labute approximate surface area is 149 Å². The van der Waals surface area contributed by atoms with Crippen molar-refractivity contribution >= 4 is 24.0 Å². The Bertz CT molecular complexity index is 518. The number of ether oxygens (including phenoxy) is 2. The Morgan fingerprint density at radius 1 is 1.33 bits per heavy atom. The molecule has 0 saturated carbocycles. The van der Waals surface area contributed by atoms with Gasteiger partial charge in [-0.15, -0.1) is 12.4 Å². The Balaban J connectivity index is 0.00000208. The largest absolute Gasteiger partial charge is 0.491 e. The minimum Gasteiger partial charge on any atom is -0.491 e. The zero-order valence-corrected chi connectivity index (χ0v) is 14.9. The Hall–Kier alpha value is -1.30. The van der Waals surface area contributed by atoms with Crippen LogP contribution in [0.15, 0.2) is 24.3 Å². The molecular formula is C18H27ClN2O3. The average molecular weight is 355 g/mol. The van der Waals surface area contributed by atoms with Crippen LogP contribution in [0.4, 0.5) is 5.69 Å². The third kappa shape index (κ3) is 5.36. The van der Waals surface area contributed by atoms with Gasteiger partial charge in [-0.3, -0.25) is 4.79 Å². The Kier molecular flexibility index (Phi) is 7.34. The summed E-state index contributed by atoms with van der Waals surface area (Å²) >= 11 is 0. The number of nitrogens with one attached hydrogen (secondary N) is 2. The van der Waals surface area contributed by atoms with Crippen LogP contribution in [0.5, 0.6) is 5.75 Å². The van der Waals surface area contributed by atoms with E-state index in [-0.39, 0.29) is 30.3 Å². The molecule has 2 saturated heterocycles. The summed E-state index contributed by atoms with van der Waals surface area (Å²) in [5.74, 6) is 1.03. The molecule has 2 heterocycles. The Morgan fingerprint density at radius 2 is 2.12 bits per heavy atom. The molecule has 1 unspecified atom stereocenters. The van der Waals surface area contributed by atoms with Crippen LogP contribution in [0, 0.1) is 5.92 Å². The third-order valence-corrected chi connectivity index (χ3v) is 4.58. The number of piperidine rings is 1. The first-order valence-corrected chi connectivity index (χ1v) is 8.59. The van der Waals surface area contributed by atoms with Crippen molar-refractivity contribution in [1.82, 2.24) is 5.32 Å². The molecule has 0 bridgehead atoms. The highest BCUT2D eigenvalue weighted by atomic mass is 35.5. The summed E-state index contributed by atoms with van der Waals surface area (Å²) in [6.07, 6.45) is 4.21. The molecule has 5 nitrogen and oxygen atoms in total. The highest BCUT2D eigenvalue weighted by Crippen LogP contribution is 2.21. The molecule has 0 radical (unpaired) electrons. The number of hydrogen-bond donors (Lipinski definition) is 2. The van der Waals surface area contributed by atoms with E-state index in [0.717, 1.165) is 50.3 Å². The molecule has 2 aliphatic heterocycles. The number of carbonyl (C=O) groups excluding carboxylic acids is 1. The minimum atomic E-state index is 0. The summed E-state index contributed by atoms with van der Waals surface area (Å²) in [5, 5.41) is 6.38. The number of amides is 1. The molecule has 2 N–H and O–H groups in total. The maximum atomic E-state index is 12.3. The smallest absolute Gasteiger partial charge is 0.227 e. The van der Waals surface area contributed by atoms with Gasteiger partial charge in [0.25, 0.3) is 0 Å². The van der Waals surface area contributed by atoms with Crippen molar-refractivity contribution in [3.8, 4) is 5.75 Å². The van der Waals surface area contributed by atoms with E-state index in [0.29, 0.717) is 12.6 Å². The second kappa shape index (κ2) is 9.25. The highest BCUT2D eigenvalue weighted by molar-refractivity contribution is 5.92. The van der Waals surface area contributed by atoms with Gasteiger partial charge in [-0.2, -0.15) is 0 Å². The van der Waals surface area contributed by atoms with Gasteiger partial charge in [0.1, 0.15) is 12.4 Å². The molecular weight excluding hydrogens is 328 g/mol. The van der Waals surface area contributed by atoms with Gasteiger partial charge in [-0.1, -0.05) is 0 Å². The van der Waals surface area contributed by atoms with Crippen LogP contribution in [0.3, 0.4) is 0 Å². The van der Waals surface area contributed by atoms with Crippen molar-refractivity contribution in [2.24, 2.45) is 5.92 Å². The van der Waals surface area contributed by atoms with Crippen molar-refractivity contribution < 1.29 is 14.3 Å². The zero-order valence-electron chi connectivity index (χ0n) is 14.1. The van der Waals surface area contributed by atoms with Gasteiger partial charge < -0.3 is 20.1 Å². The topological polar surface area (TPSA) is 59.6 Å². The van der Waals surface area contributed by atoms with Crippen LogP contribution in [-0.2, 0) is 9.53 Å². The van der Waals surface area contributed by atoms with Gasteiger partial charge in [0.05, 0.1) is 6.10 Å². The zero-order chi connectivity index (χ0) is 16.1. The van der Waals surface area contributed by atoms with Crippen molar-refractivity contribution in [2.75, 3.05) is 25.1 Å². The van der Waals surface area contributed by atoms with Crippen molar-refractivity contribution in [2.45, 2.75) is 44.8 Å². The van der Waals surface area contributed by atoms with Gasteiger partial charge in [0.2, 0.25) is 5.91 Å². The first-order valence-electron chi connectivity index (χ1n) is 8.59. The van der Waals surface area contributed by atoms with Crippen molar-refractivity contribution in [1.29, 1.82) is 0 Å². The molecule has 24 heavy (non-hydrogen) atoms. The molecule has 6 heteroatoms. The van der Waals surface area contributed by atoms with E-state index in [1.54, 1.807) is 0 Å². The van der Waals surface area contributed by atoms with Gasteiger partial charge >= 0.3 is 0 Å². The summed E-state index contributed by atoms with van der Waals surface area (Å²) in [4.78, 5) is 12.3. The van der Waals surface area contributed by atoms with E-state index < -0.39 is 0 Å². The van der Waals surface area contributed by atoms with Crippen molar-refractivity contribution in [3.05, 3.63) is 24.3 Å². The maximum absolute atomic E-state index is 12.3. The van der Waals surface area contributed by atoms with Crippen LogP contribution in [0.2, 0.25) is 0 Å². The monoisotopic (exact) mass is 354 g/mol. The van der Waals surface area contributed by atoms with E-state index in [9.17, 15) is 4.79 Å². The molecule has 134 valence electrons. The van der Waals surface area contributed by atoms with Gasteiger partial charge in [0, 0.05) is 24.3 Å². The fourth-order valence-electron chi connectivity index (χ4n) is 3.21. The average Bonchev–Trinajstić information content (AvgIpc) is 3.08. The molecule has 0 spiro atoms. The van der Waals surface area contributed by atoms with E-state index in [4.69, 9.17) is 9.47 Å². The van der Waals surface area contributed by atoms with Crippen LogP contribution in [0.25, 0.3) is 0 Å². The predicted octanol–water partition coefficient (Wildman–Crippen LogP) is 2.99. The number of rotatable bonds is 5. The molecule has 0 aliphatic carbocycles. The molecule has 1 aromatic rings. The fourth-order valence-corrected chi connectivity index (χ4v) is 3.21. The van der Waals surface area contributed by atoms with Crippen LogP contribution < -0.4 is 15.4 Å². The van der Waals surface area contributed by atoms with E-state index in [2.05, 4.69) is 17.6 Å². The van der Waals surface area contributed by atoms with E-state index in [1.807, 2.05) is 24.3 Å². The summed E-state index contributed by atoms with van der Waals surface area (Å²) < 4.78 is 11.3. The summed E-state index contributed by atoms with van der Waals surface area (Å²) in [6.45, 7) is 4.47. The van der Waals surface area contributed by atoms with Crippen LogP contribution in [-0.4, -0.2) is 37.8 Å². The Morgan fingerprint density at radius 3 is 2.79 bits per heavy atom. The first kappa shape index (κ1) is 19.0. The normalized spacial score (nSPS) is 26.5. The first-order chi connectivity index (χ1) is 11.2. The lowest BCUT2D eigenvalue weighted by Gasteiger charge is -2.27. The van der Waals surface area contributed by atoms with Gasteiger partial charge in [-0.25, -0.2) is 0 Å². The van der Waals surface area contributed by atoms with Gasteiger partial charge in [-0.05, 0) is 63.4 Å². The number of halogens is 1. The minimum absolute atomic E-state index is 0. The lowest BCUT2D eigenvalue weighted by Crippen LogP contribution is -2.40. The van der Waals surface area contributed by atoms with Crippen LogP contribution in [0.1, 0.15) is 32.6 Å². The maximum Gasteiger partial charge on any atom is 0.227 e. The second-order valence-electron chi connectivity index (χ2n) is 6.54. The lowest BCUT2D eigenvalue weighted by molar-refractivity contribution is -0.120. The van der Waals surface area contributed by atoms with Crippen LogP contribution >= 0.6 is 12.4 Å². The molecule has 1 amide bonds. The SMILES string of the molecule is C[C@H]1C[C@@H](C(=O)Nc2ccc(OCC3CCCO3)cc2)CCN1.Cl. The molecule has 3 atom stereocenters. The summed E-state index contributed by atoms with van der Waals surface area (Å²) in [7, 11) is 0. The molecule has 2 fully saturated rings. The van der Waals surface area contributed by atoms with E-state index in [1.165, 1.54) is 0 Å². The highest BCUT2D eigenvalue weighted by Gasteiger charge is 2.24. The molecule has 0 aromatic heterocycles. The van der Waals surface area contributed by atoms with E-state index >= 15 is 0 Å². The summed E-state index contributed by atoms with van der Waals surface area (Å²) in [6, 6.07) is 8.00. The number of anilines is 1. The fraction of sp³-hybridized carbons (Fsp3) is 0.611. The number of hydrogen-bond acceptors (Lipinski definition) is 4. The number of carbonyl (C=O) groups is 1. The standard InChI is InChI=1S/C18H26N2O3.ClH/c1-13-11-14(8-9-19-13)18(21)20-15-4-6-16(7-5-15)23-12-17-3-2-10-22-17;/h4-7,13-14,17,19H,2-3,8-12H2,1H3,(H,20,21);1H/t13-,14-,17?;/m0./s1. The van der Waals surface area contributed by atoms with Crippen molar-refractivity contribution in [3.63, 3.8) is 0 Å². The lowest BCUT2D eigenvalue weighted by atomic mass is 9.92.